The molecule has 0 spiro atoms. The molecule has 1 aliphatic rings. The van der Waals surface area contributed by atoms with E-state index >= 15 is 0 Å². The minimum atomic E-state index is -0.475. The van der Waals surface area contributed by atoms with Crippen LogP contribution in [0.5, 0.6) is 0 Å². The number of nitrogens with zero attached hydrogens (tertiary/aromatic N) is 2. The third-order valence-corrected chi connectivity index (χ3v) is 4.51. The smallest absolute Gasteiger partial charge is 0.116 e. The highest BCUT2D eigenvalue weighted by Crippen LogP contribution is 2.44. The minimum Gasteiger partial charge on any atom is -0.260 e. The van der Waals surface area contributed by atoms with E-state index in [1.54, 1.807) is 6.20 Å². The lowest BCUT2D eigenvalue weighted by atomic mass is 9.68. The Balaban J connectivity index is 2.02. The molecule has 2 aromatic heterocycles. The zero-order valence-electron chi connectivity index (χ0n) is 12.5. The van der Waals surface area contributed by atoms with Crippen molar-refractivity contribution in [1.29, 1.82) is 0 Å². The number of fused-ring (bicyclic) bond motifs is 1. The Morgan fingerprint density at radius 3 is 2.76 bits per heavy atom. The van der Waals surface area contributed by atoms with Crippen LogP contribution >= 0.6 is 0 Å². The number of alkyl halides is 1. The van der Waals surface area contributed by atoms with Gasteiger partial charge in [0.05, 0.1) is 5.69 Å². The fourth-order valence-electron chi connectivity index (χ4n) is 3.00. The van der Waals surface area contributed by atoms with Gasteiger partial charge in [-0.15, -0.1) is 0 Å². The van der Waals surface area contributed by atoms with Crippen molar-refractivity contribution < 1.29 is 4.39 Å². The van der Waals surface area contributed by atoms with Crippen molar-refractivity contribution in [3.8, 4) is 0 Å². The van der Waals surface area contributed by atoms with Crippen LogP contribution in [-0.4, -0.2) is 9.97 Å². The number of pyridine rings is 2. The second-order valence-electron chi connectivity index (χ2n) is 5.94. The van der Waals surface area contributed by atoms with Crippen LogP contribution in [-0.2, 0) is 18.5 Å². The molecule has 108 valence electrons. The largest absolute Gasteiger partial charge is 0.260 e. The lowest BCUT2D eigenvalue weighted by molar-refractivity contribution is 0.481. The van der Waals surface area contributed by atoms with Crippen LogP contribution in [0, 0.1) is 6.92 Å². The molecule has 0 saturated heterocycles. The quantitative estimate of drug-likeness (QED) is 0.826. The SMILES string of the molecule is C=C1c2ccc(C)nc2CCC1(C)c1ccc(CF)cn1. The Hall–Kier alpha value is -2.03. The Bertz CT molecular complexity index is 691. The van der Waals surface area contributed by atoms with Crippen molar-refractivity contribution in [2.45, 2.75) is 38.8 Å². The molecular weight excluding hydrogens is 263 g/mol. The third kappa shape index (κ3) is 2.27. The van der Waals surface area contributed by atoms with Gasteiger partial charge in [-0.3, -0.25) is 9.97 Å². The highest BCUT2D eigenvalue weighted by molar-refractivity contribution is 5.75. The molecule has 1 atom stereocenters. The fourth-order valence-corrected chi connectivity index (χ4v) is 3.00. The summed E-state index contributed by atoms with van der Waals surface area (Å²) in [5, 5.41) is 0. The van der Waals surface area contributed by atoms with Gasteiger partial charge < -0.3 is 0 Å². The van der Waals surface area contributed by atoms with Crippen LogP contribution < -0.4 is 0 Å². The highest BCUT2D eigenvalue weighted by Gasteiger charge is 2.36. The number of hydrogen-bond acceptors (Lipinski definition) is 2. The van der Waals surface area contributed by atoms with Gasteiger partial charge in [0.1, 0.15) is 6.67 Å². The number of halogens is 1. The predicted octanol–water partition coefficient (Wildman–Crippen LogP) is 4.17. The second-order valence-corrected chi connectivity index (χ2v) is 5.94. The normalized spacial score (nSPS) is 21.2. The van der Waals surface area contributed by atoms with Gasteiger partial charge in [0, 0.05) is 28.6 Å². The van der Waals surface area contributed by atoms with E-state index in [-0.39, 0.29) is 5.41 Å². The zero-order valence-corrected chi connectivity index (χ0v) is 12.5. The van der Waals surface area contributed by atoms with E-state index in [0.717, 1.165) is 41.1 Å². The maximum atomic E-state index is 12.6. The van der Waals surface area contributed by atoms with Gasteiger partial charge in [0.25, 0.3) is 0 Å². The van der Waals surface area contributed by atoms with Gasteiger partial charge in [-0.2, -0.15) is 0 Å². The first-order chi connectivity index (χ1) is 10.0. The summed E-state index contributed by atoms with van der Waals surface area (Å²) in [5.74, 6) is 0. The minimum absolute atomic E-state index is 0.210. The monoisotopic (exact) mass is 282 g/mol. The maximum absolute atomic E-state index is 12.6. The summed E-state index contributed by atoms with van der Waals surface area (Å²) in [6.45, 7) is 8.00. The van der Waals surface area contributed by atoms with Crippen molar-refractivity contribution >= 4 is 5.57 Å². The van der Waals surface area contributed by atoms with E-state index in [9.17, 15) is 4.39 Å². The molecule has 3 heteroatoms. The molecule has 21 heavy (non-hydrogen) atoms. The summed E-state index contributed by atoms with van der Waals surface area (Å²) < 4.78 is 12.6. The molecule has 0 radical (unpaired) electrons. The molecule has 0 aliphatic heterocycles. The van der Waals surface area contributed by atoms with Crippen LogP contribution in [0.4, 0.5) is 4.39 Å². The standard InChI is InChI=1S/C18H19FN2/c1-12-4-6-15-13(2)18(3,9-8-16(15)21-12)17-7-5-14(10-19)11-20-17/h4-7,11H,2,8-10H2,1,3H3. The number of rotatable bonds is 2. The Labute approximate surface area is 124 Å². The predicted molar refractivity (Wildman–Crippen MR) is 82.7 cm³/mol. The first-order valence-corrected chi connectivity index (χ1v) is 7.22. The van der Waals surface area contributed by atoms with Crippen LogP contribution in [0.25, 0.3) is 5.57 Å². The molecule has 0 fully saturated rings. The summed E-state index contributed by atoms with van der Waals surface area (Å²) in [6.07, 6.45) is 3.47. The average molecular weight is 282 g/mol. The van der Waals surface area contributed by atoms with E-state index in [1.807, 2.05) is 25.1 Å². The van der Waals surface area contributed by atoms with Gasteiger partial charge in [0.2, 0.25) is 0 Å². The first-order valence-electron chi connectivity index (χ1n) is 7.22. The fraction of sp³-hybridized carbons (Fsp3) is 0.333. The van der Waals surface area contributed by atoms with Crippen molar-refractivity contribution in [3.05, 3.63) is 65.2 Å². The Morgan fingerprint density at radius 1 is 1.29 bits per heavy atom. The molecule has 1 aliphatic carbocycles. The molecule has 0 bridgehead atoms. The van der Waals surface area contributed by atoms with E-state index in [1.165, 1.54) is 0 Å². The van der Waals surface area contributed by atoms with E-state index < -0.39 is 6.67 Å². The van der Waals surface area contributed by atoms with Crippen molar-refractivity contribution in [2.24, 2.45) is 0 Å². The van der Waals surface area contributed by atoms with E-state index in [2.05, 4.69) is 29.5 Å². The number of aryl methyl sites for hydroxylation is 2. The summed E-state index contributed by atoms with van der Waals surface area (Å²) >= 11 is 0. The molecule has 2 nitrogen and oxygen atoms in total. The maximum Gasteiger partial charge on any atom is 0.116 e. The molecular formula is C18H19FN2. The molecule has 0 N–H and O–H groups in total. The van der Waals surface area contributed by atoms with Crippen molar-refractivity contribution in [2.75, 3.05) is 0 Å². The van der Waals surface area contributed by atoms with E-state index in [4.69, 9.17) is 0 Å². The van der Waals surface area contributed by atoms with Gasteiger partial charge in [-0.05, 0) is 50.0 Å². The topological polar surface area (TPSA) is 25.8 Å². The van der Waals surface area contributed by atoms with Gasteiger partial charge >= 0.3 is 0 Å². The van der Waals surface area contributed by atoms with Gasteiger partial charge in [-0.25, -0.2) is 4.39 Å². The zero-order chi connectivity index (χ0) is 15.0. The van der Waals surface area contributed by atoms with Crippen molar-refractivity contribution in [3.63, 3.8) is 0 Å². The summed E-state index contributed by atoms with van der Waals surface area (Å²) in [6, 6.07) is 7.86. The van der Waals surface area contributed by atoms with E-state index in [0.29, 0.717) is 5.56 Å². The molecule has 2 aromatic rings. The summed E-state index contributed by atoms with van der Waals surface area (Å²) in [4.78, 5) is 9.08. The van der Waals surface area contributed by atoms with Crippen LogP contribution in [0.3, 0.4) is 0 Å². The first kappa shape index (κ1) is 13.9. The molecule has 1 unspecified atom stereocenters. The second kappa shape index (κ2) is 5.06. The number of allylic oxidation sites excluding steroid dienone is 1. The van der Waals surface area contributed by atoms with Crippen LogP contribution in [0.1, 0.15) is 41.6 Å². The van der Waals surface area contributed by atoms with Gasteiger partial charge in [-0.1, -0.05) is 18.7 Å². The lowest BCUT2D eigenvalue weighted by Gasteiger charge is -2.36. The highest BCUT2D eigenvalue weighted by atomic mass is 19.1. The van der Waals surface area contributed by atoms with Crippen LogP contribution in [0.2, 0.25) is 0 Å². The molecule has 0 saturated carbocycles. The molecule has 0 aromatic carbocycles. The third-order valence-electron chi connectivity index (χ3n) is 4.51. The molecule has 3 rings (SSSR count). The van der Waals surface area contributed by atoms with Gasteiger partial charge in [0.15, 0.2) is 0 Å². The number of hydrogen-bond donors (Lipinski definition) is 0. The Morgan fingerprint density at radius 2 is 2.10 bits per heavy atom. The van der Waals surface area contributed by atoms with Crippen LogP contribution in [0.15, 0.2) is 37.0 Å². The molecule has 2 heterocycles. The number of aromatic nitrogens is 2. The van der Waals surface area contributed by atoms with Crippen molar-refractivity contribution in [1.82, 2.24) is 9.97 Å². The molecule has 0 amide bonds. The summed E-state index contributed by atoms with van der Waals surface area (Å²) in [7, 11) is 0. The summed E-state index contributed by atoms with van der Waals surface area (Å²) in [5.41, 5.74) is 5.70. The average Bonchev–Trinajstić information content (AvgIpc) is 2.51. The lowest BCUT2D eigenvalue weighted by Crippen LogP contribution is -2.30. The Kier molecular flexibility index (Phi) is 3.36.